The maximum absolute atomic E-state index is 10.8. The first kappa shape index (κ1) is 13.6. The van der Waals surface area contributed by atoms with Gasteiger partial charge in [-0.25, -0.2) is 4.68 Å². The van der Waals surface area contributed by atoms with Gasteiger partial charge in [0.05, 0.1) is 12.5 Å². The molecule has 0 aliphatic rings. The van der Waals surface area contributed by atoms with Crippen LogP contribution >= 0.6 is 0 Å². The molecule has 17 heavy (non-hydrogen) atoms. The fourth-order valence-corrected chi connectivity index (χ4v) is 1.44. The Morgan fingerprint density at radius 3 is 2.76 bits per heavy atom. The zero-order valence-corrected chi connectivity index (χ0v) is 10.5. The van der Waals surface area contributed by atoms with Crippen LogP contribution < -0.4 is 0 Å². The summed E-state index contributed by atoms with van der Waals surface area (Å²) in [6.07, 6.45) is 0.700. The van der Waals surface area contributed by atoms with Crippen LogP contribution in [0, 0.1) is 5.92 Å². The third-order valence-electron chi connectivity index (χ3n) is 3.00. The van der Waals surface area contributed by atoms with Gasteiger partial charge in [-0.2, -0.15) is 0 Å². The van der Waals surface area contributed by atoms with E-state index < -0.39 is 17.5 Å². The van der Waals surface area contributed by atoms with Crippen molar-refractivity contribution >= 4 is 5.97 Å². The second-order valence-corrected chi connectivity index (χ2v) is 4.21. The molecule has 1 rings (SSSR count). The van der Waals surface area contributed by atoms with Crippen LogP contribution in [0.2, 0.25) is 0 Å². The molecule has 1 aromatic rings. The fraction of sp³-hybridized carbons (Fsp3) is 0.800. The van der Waals surface area contributed by atoms with Gasteiger partial charge in [0.1, 0.15) is 5.60 Å². The van der Waals surface area contributed by atoms with Crippen LogP contribution in [0.5, 0.6) is 0 Å². The maximum atomic E-state index is 10.8. The number of ether oxygens (including phenoxy) is 1. The molecule has 0 aromatic carbocycles. The Labute approximate surface area is 99.8 Å². The van der Waals surface area contributed by atoms with Gasteiger partial charge in [0.15, 0.2) is 5.82 Å². The molecular formula is C10H18N4O3. The first-order valence-electron chi connectivity index (χ1n) is 5.49. The maximum Gasteiger partial charge on any atom is 0.308 e. The summed E-state index contributed by atoms with van der Waals surface area (Å²) in [6, 6.07) is 0. The Morgan fingerprint density at radius 2 is 2.29 bits per heavy atom. The van der Waals surface area contributed by atoms with Gasteiger partial charge in [0.2, 0.25) is 0 Å². The van der Waals surface area contributed by atoms with E-state index in [1.807, 2.05) is 13.8 Å². The van der Waals surface area contributed by atoms with Crippen LogP contribution in [0.3, 0.4) is 0 Å². The number of rotatable bonds is 6. The zero-order chi connectivity index (χ0) is 13.1. The van der Waals surface area contributed by atoms with Crippen LogP contribution in [-0.4, -0.2) is 38.4 Å². The monoisotopic (exact) mass is 242 g/mol. The molecule has 0 saturated carbocycles. The molecule has 0 spiro atoms. The minimum Gasteiger partial charge on any atom is -0.481 e. The summed E-state index contributed by atoms with van der Waals surface area (Å²) in [5.41, 5.74) is -0.596. The van der Waals surface area contributed by atoms with Crippen molar-refractivity contribution in [3.8, 4) is 0 Å². The third-order valence-corrected chi connectivity index (χ3v) is 3.00. The quantitative estimate of drug-likeness (QED) is 0.788. The molecule has 1 N–H and O–H groups in total. The van der Waals surface area contributed by atoms with Gasteiger partial charge in [-0.05, 0) is 23.8 Å². The molecule has 0 amide bonds. The molecule has 0 fully saturated rings. The van der Waals surface area contributed by atoms with Crippen molar-refractivity contribution in [1.29, 1.82) is 0 Å². The highest BCUT2D eigenvalue weighted by atomic mass is 16.5. The first-order valence-corrected chi connectivity index (χ1v) is 5.49. The van der Waals surface area contributed by atoms with Crippen LogP contribution in [0.15, 0.2) is 0 Å². The van der Waals surface area contributed by atoms with E-state index in [1.165, 1.54) is 4.68 Å². The van der Waals surface area contributed by atoms with Gasteiger partial charge in [0.25, 0.3) is 0 Å². The van der Waals surface area contributed by atoms with E-state index in [4.69, 9.17) is 9.84 Å². The molecule has 0 saturated heterocycles. The molecule has 1 aromatic heterocycles. The largest absolute Gasteiger partial charge is 0.481 e. The number of tetrazole rings is 1. The van der Waals surface area contributed by atoms with Crippen molar-refractivity contribution in [1.82, 2.24) is 20.2 Å². The Balaban J connectivity index is 2.97. The van der Waals surface area contributed by atoms with Crippen LogP contribution in [0.1, 0.15) is 33.0 Å². The van der Waals surface area contributed by atoms with E-state index in [0.29, 0.717) is 12.2 Å². The van der Waals surface area contributed by atoms with E-state index in [2.05, 4.69) is 15.5 Å². The van der Waals surface area contributed by atoms with Crippen LogP contribution in [-0.2, 0) is 21.7 Å². The van der Waals surface area contributed by atoms with Crippen molar-refractivity contribution < 1.29 is 14.6 Å². The molecule has 0 aliphatic carbocycles. The minimum atomic E-state index is -0.873. The van der Waals surface area contributed by atoms with Gasteiger partial charge in [-0.3, -0.25) is 4.79 Å². The summed E-state index contributed by atoms with van der Waals surface area (Å²) in [7, 11) is 1.59. The minimum absolute atomic E-state index is 0.233. The predicted molar refractivity (Wildman–Crippen MR) is 59.3 cm³/mol. The Kier molecular flexibility index (Phi) is 4.17. The number of hydrogen-bond donors (Lipinski definition) is 1. The number of aliphatic carboxylic acids is 1. The van der Waals surface area contributed by atoms with E-state index in [1.54, 1.807) is 14.0 Å². The van der Waals surface area contributed by atoms with Crippen molar-refractivity contribution in [2.75, 3.05) is 7.11 Å². The fourth-order valence-electron chi connectivity index (χ4n) is 1.44. The molecule has 0 aliphatic heterocycles. The van der Waals surface area contributed by atoms with E-state index >= 15 is 0 Å². The molecule has 0 radical (unpaired) electrons. The summed E-state index contributed by atoms with van der Waals surface area (Å²) in [5.74, 6) is -0.868. The summed E-state index contributed by atoms with van der Waals surface area (Å²) < 4.78 is 6.90. The van der Waals surface area contributed by atoms with E-state index in [9.17, 15) is 4.79 Å². The Hall–Kier alpha value is -1.50. The number of carboxylic acids is 1. The van der Waals surface area contributed by atoms with Gasteiger partial charge >= 0.3 is 5.97 Å². The van der Waals surface area contributed by atoms with Gasteiger partial charge in [0, 0.05) is 7.11 Å². The zero-order valence-electron chi connectivity index (χ0n) is 10.5. The normalized spacial score (nSPS) is 16.5. The number of carboxylic acid groups (broad SMARTS) is 1. The van der Waals surface area contributed by atoms with Crippen molar-refractivity contribution in [3.63, 3.8) is 0 Å². The van der Waals surface area contributed by atoms with Crippen LogP contribution in [0.4, 0.5) is 0 Å². The smallest absolute Gasteiger partial charge is 0.308 e. The van der Waals surface area contributed by atoms with E-state index in [-0.39, 0.29) is 6.54 Å². The second-order valence-electron chi connectivity index (χ2n) is 4.21. The lowest BCUT2D eigenvalue weighted by atomic mass is 10.0. The van der Waals surface area contributed by atoms with Crippen molar-refractivity contribution in [3.05, 3.63) is 5.82 Å². The lowest BCUT2D eigenvalue weighted by Crippen LogP contribution is -2.30. The molecule has 7 heteroatoms. The molecule has 7 nitrogen and oxygen atoms in total. The molecule has 1 heterocycles. The molecule has 0 bridgehead atoms. The van der Waals surface area contributed by atoms with Gasteiger partial charge < -0.3 is 9.84 Å². The highest BCUT2D eigenvalue weighted by Crippen LogP contribution is 2.25. The van der Waals surface area contributed by atoms with E-state index in [0.717, 1.165) is 0 Å². The lowest BCUT2D eigenvalue weighted by Gasteiger charge is -2.25. The summed E-state index contributed by atoms with van der Waals surface area (Å²) >= 11 is 0. The highest BCUT2D eigenvalue weighted by molar-refractivity contribution is 5.69. The van der Waals surface area contributed by atoms with Crippen molar-refractivity contribution in [2.45, 2.75) is 39.3 Å². The number of aromatic nitrogens is 4. The Bertz CT molecular complexity index is 387. The average molecular weight is 242 g/mol. The average Bonchev–Trinajstić information content (AvgIpc) is 2.76. The van der Waals surface area contributed by atoms with Crippen molar-refractivity contribution in [2.24, 2.45) is 5.92 Å². The first-order chi connectivity index (χ1) is 7.94. The summed E-state index contributed by atoms with van der Waals surface area (Å²) in [5, 5.41) is 20.2. The lowest BCUT2D eigenvalue weighted by molar-refractivity contribution is -0.141. The number of nitrogens with zero attached hydrogens (tertiary/aromatic N) is 4. The topological polar surface area (TPSA) is 90.1 Å². The standard InChI is InChI=1S/C10H18N4O3/c1-5-10(3,17-4)9-11-12-13-14(9)6-7(2)8(15)16/h7H,5-6H2,1-4H3,(H,15,16). The van der Waals surface area contributed by atoms with Gasteiger partial charge in [-0.1, -0.05) is 13.8 Å². The number of hydrogen-bond acceptors (Lipinski definition) is 5. The van der Waals surface area contributed by atoms with Gasteiger partial charge in [-0.15, -0.1) is 5.10 Å². The molecule has 2 unspecified atom stereocenters. The molecule has 2 atom stereocenters. The SMILES string of the molecule is CCC(C)(OC)c1nnnn1CC(C)C(=O)O. The Morgan fingerprint density at radius 1 is 1.65 bits per heavy atom. The highest BCUT2D eigenvalue weighted by Gasteiger charge is 2.31. The third kappa shape index (κ3) is 2.79. The second kappa shape index (κ2) is 5.22. The van der Waals surface area contributed by atoms with Crippen LogP contribution in [0.25, 0.3) is 0 Å². The molecule has 96 valence electrons. The molecular weight excluding hydrogens is 224 g/mol. The summed E-state index contributed by atoms with van der Waals surface area (Å²) in [4.78, 5) is 10.8. The number of methoxy groups -OCH3 is 1. The summed E-state index contributed by atoms with van der Waals surface area (Å²) in [6.45, 7) is 5.68. The number of carbonyl (C=O) groups is 1. The predicted octanol–water partition coefficient (Wildman–Crippen LogP) is 0.665.